The van der Waals surface area contributed by atoms with Crippen LogP contribution in [0, 0.1) is 6.92 Å². The van der Waals surface area contributed by atoms with Gasteiger partial charge in [0.1, 0.15) is 17.6 Å². The van der Waals surface area contributed by atoms with Crippen LogP contribution in [0.2, 0.25) is 0 Å². The van der Waals surface area contributed by atoms with Gasteiger partial charge in [0.25, 0.3) is 5.85 Å². The largest absolute Gasteiger partial charge is 0.452 e. The van der Waals surface area contributed by atoms with Crippen molar-refractivity contribution in [3.8, 4) is 11.4 Å². The number of aryl methyl sites for hydroxylation is 1. The van der Waals surface area contributed by atoms with Crippen molar-refractivity contribution in [2.24, 2.45) is 0 Å². The van der Waals surface area contributed by atoms with Gasteiger partial charge in [-0.15, -0.1) is 0 Å². The number of allylic oxidation sites excluding steroid dienone is 2. The number of carbonyl (C=O) groups is 2. The van der Waals surface area contributed by atoms with Crippen LogP contribution in [0.3, 0.4) is 0 Å². The average Bonchev–Trinajstić information content (AvgIpc) is 3.29. The Morgan fingerprint density at radius 3 is 2.54 bits per heavy atom. The van der Waals surface area contributed by atoms with Crippen LogP contribution in [0.4, 0.5) is 15.0 Å². The lowest BCUT2D eigenvalue weighted by Crippen LogP contribution is -2.53. The van der Waals surface area contributed by atoms with E-state index in [1.165, 1.54) is 31.3 Å². The third-order valence-electron chi connectivity index (χ3n) is 6.03. The zero-order valence-corrected chi connectivity index (χ0v) is 22.7. The molecule has 0 saturated carbocycles. The molecule has 3 N–H and O–H groups in total. The Hall–Kier alpha value is -4.47. The van der Waals surface area contributed by atoms with Crippen molar-refractivity contribution in [2.45, 2.75) is 58.5 Å². The summed E-state index contributed by atoms with van der Waals surface area (Å²) in [6.45, 7) is 9.72. The summed E-state index contributed by atoms with van der Waals surface area (Å²) in [7, 11) is 0. The van der Waals surface area contributed by atoms with Crippen molar-refractivity contribution in [1.29, 1.82) is 0 Å². The number of hydrogen-bond donors (Lipinski definition) is 3. The fourth-order valence-corrected chi connectivity index (χ4v) is 3.91. The molecule has 2 heterocycles. The van der Waals surface area contributed by atoms with E-state index in [0.717, 1.165) is 11.3 Å². The summed E-state index contributed by atoms with van der Waals surface area (Å²) in [5.41, 5.74) is 2.79. The topological polar surface area (TPSA) is 110 Å². The van der Waals surface area contributed by atoms with E-state index in [9.17, 15) is 9.59 Å². The van der Waals surface area contributed by atoms with Crippen LogP contribution < -0.4 is 20.7 Å². The number of aromatic nitrogens is 3. The molecule has 3 amide bonds. The molecule has 1 aromatic carbocycles. The van der Waals surface area contributed by atoms with Crippen LogP contribution >= 0.6 is 0 Å². The quantitative estimate of drug-likeness (QED) is 0.402. The van der Waals surface area contributed by atoms with Crippen molar-refractivity contribution in [3.63, 3.8) is 0 Å². The van der Waals surface area contributed by atoms with Gasteiger partial charge in [-0.05, 0) is 36.8 Å². The Labute approximate surface area is 227 Å². The van der Waals surface area contributed by atoms with E-state index >= 15 is 4.39 Å². The van der Waals surface area contributed by atoms with E-state index in [4.69, 9.17) is 9.84 Å². The highest BCUT2D eigenvalue weighted by molar-refractivity contribution is 5.89. The molecule has 2 aromatic heterocycles. The number of pyridine rings is 1. The van der Waals surface area contributed by atoms with Gasteiger partial charge in [-0.1, -0.05) is 51.1 Å². The maximum absolute atomic E-state index is 15.9. The Kier molecular flexibility index (Phi) is 7.85. The molecule has 9 nitrogen and oxygen atoms in total. The monoisotopic (exact) mass is 532 g/mol. The SMILES string of the molecule is CC(=O)NCc1ccc(-n2nc(C(C)(C)C)cc2NC(=O)NC2C=CC=CC2(F)Oc2ccnc(C)c2)cc1. The molecule has 39 heavy (non-hydrogen) atoms. The molecular weight excluding hydrogens is 499 g/mol. The van der Waals surface area contributed by atoms with Crippen LogP contribution in [-0.4, -0.2) is 38.6 Å². The maximum atomic E-state index is 15.9. The smallest absolute Gasteiger partial charge is 0.321 e. The first-order chi connectivity index (χ1) is 18.4. The number of ether oxygens (including phenoxy) is 1. The lowest BCUT2D eigenvalue weighted by atomic mass is 9.92. The van der Waals surface area contributed by atoms with Crippen LogP contribution in [0.15, 0.2) is 73.0 Å². The van der Waals surface area contributed by atoms with Crippen molar-refractivity contribution in [3.05, 3.63) is 89.9 Å². The van der Waals surface area contributed by atoms with E-state index in [1.54, 1.807) is 35.9 Å². The van der Waals surface area contributed by atoms with Crippen LogP contribution in [0.1, 0.15) is 44.6 Å². The molecule has 2 unspecified atom stereocenters. The number of urea groups is 1. The minimum Gasteiger partial charge on any atom is -0.452 e. The first-order valence-electron chi connectivity index (χ1n) is 12.6. The highest BCUT2D eigenvalue weighted by Crippen LogP contribution is 2.29. The second-order valence-electron chi connectivity index (χ2n) is 10.4. The summed E-state index contributed by atoms with van der Waals surface area (Å²) in [5.74, 6) is -1.70. The highest BCUT2D eigenvalue weighted by atomic mass is 19.2. The number of nitrogens with zero attached hydrogens (tertiary/aromatic N) is 3. The summed E-state index contributed by atoms with van der Waals surface area (Å²) in [6, 6.07) is 10.7. The molecule has 1 aliphatic rings. The van der Waals surface area contributed by atoms with Gasteiger partial charge in [0.05, 0.1) is 11.4 Å². The number of halogens is 1. The fourth-order valence-electron chi connectivity index (χ4n) is 3.91. The number of hydrogen-bond acceptors (Lipinski definition) is 5. The molecule has 0 spiro atoms. The third-order valence-corrected chi connectivity index (χ3v) is 6.03. The third kappa shape index (κ3) is 6.90. The second kappa shape index (κ2) is 11.1. The summed E-state index contributed by atoms with van der Waals surface area (Å²) in [6.07, 6.45) is 7.50. The molecule has 0 fully saturated rings. The average molecular weight is 533 g/mol. The van der Waals surface area contributed by atoms with Gasteiger partial charge in [0.2, 0.25) is 5.91 Å². The molecule has 1 aliphatic carbocycles. The predicted octanol–water partition coefficient (Wildman–Crippen LogP) is 4.87. The molecule has 0 saturated heterocycles. The molecule has 10 heteroatoms. The maximum Gasteiger partial charge on any atom is 0.321 e. The van der Waals surface area contributed by atoms with Crippen molar-refractivity contribution in [1.82, 2.24) is 25.4 Å². The van der Waals surface area contributed by atoms with Gasteiger partial charge in [-0.3, -0.25) is 15.1 Å². The molecule has 3 aromatic rings. The number of rotatable bonds is 7. The summed E-state index contributed by atoms with van der Waals surface area (Å²) in [5, 5.41) is 13.0. The number of alkyl halides is 1. The summed E-state index contributed by atoms with van der Waals surface area (Å²) >= 11 is 0. The van der Waals surface area contributed by atoms with Crippen LogP contribution in [0.5, 0.6) is 5.75 Å². The summed E-state index contributed by atoms with van der Waals surface area (Å²) in [4.78, 5) is 28.5. The predicted molar refractivity (Wildman–Crippen MR) is 147 cm³/mol. The van der Waals surface area contributed by atoms with Gasteiger partial charge in [-0.2, -0.15) is 9.49 Å². The summed E-state index contributed by atoms with van der Waals surface area (Å²) < 4.78 is 23.2. The van der Waals surface area contributed by atoms with E-state index in [2.05, 4.69) is 20.9 Å². The Morgan fingerprint density at radius 1 is 1.13 bits per heavy atom. The van der Waals surface area contributed by atoms with Gasteiger partial charge in [0.15, 0.2) is 0 Å². The minimum absolute atomic E-state index is 0.111. The molecule has 4 rings (SSSR count). The van der Waals surface area contributed by atoms with Crippen molar-refractivity contribution >= 4 is 17.8 Å². The molecule has 2 atom stereocenters. The van der Waals surface area contributed by atoms with Gasteiger partial charge < -0.3 is 15.4 Å². The molecular formula is C29H33FN6O3. The number of nitrogens with one attached hydrogen (secondary N) is 3. The van der Waals surface area contributed by atoms with Gasteiger partial charge >= 0.3 is 6.03 Å². The van der Waals surface area contributed by atoms with E-state index < -0.39 is 17.9 Å². The Bertz CT molecular complexity index is 1410. The standard InChI is InChI=1S/C29H33FN6O3/c1-19-16-23(13-15-31-19)39-29(30)14-7-6-8-24(29)33-27(38)34-26-17-25(28(3,4)5)35-36(26)22-11-9-21(10-12-22)18-32-20(2)37/h6-17,24H,18H2,1-5H3,(H,32,37)(H2,33,34,38). The lowest BCUT2D eigenvalue weighted by Gasteiger charge is -2.32. The highest BCUT2D eigenvalue weighted by Gasteiger charge is 2.40. The van der Waals surface area contributed by atoms with E-state index in [0.29, 0.717) is 29.5 Å². The van der Waals surface area contributed by atoms with Crippen LogP contribution in [0.25, 0.3) is 5.69 Å². The normalized spacial score (nSPS) is 18.5. The number of amides is 3. The molecule has 0 bridgehead atoms. The zero-order valence-electron chi connectivity index (χ0n) is 22.7. The minimum atomic E-state index is -2.31. The Morgan fingerprint density at radius 2 is 1.87 bits per heavy atom. The molecule has 0 aliphatic heterocycles. The van der Waals surface area contributed by atoms with Gasteiger partial charge in [-0.25, -0.2) is 9.48 Å². The lowest BCUT2D eigenvalue weighted by molar-refractivity contribution is -0.119. The van der Waals surface area contributed by atoms with Gasteiger partial charge in [0, 0.05) is 42.9 Å². The number of benzene rings is 1. The fraction of sp³-hybridized carbons (Fsp3) is 0.310. The second-order valence-corrected chi connectivity index (χ2v) is 10.4. The zero-order chi connectivity index (χ0) is 28.2. The first kappa shape index (κ1) is 27.6. The first-order valence-corrected chi connectivity index (χ1v) is 12.6. The molecule has 204 valence electrons. The number of carbonyl (C=O) groups excluding carboxylic acids is 2. The number of anilines is 1. The van der Waals surface area contributed by atoms with Crippen molar-refractivity contribution in [2.75, 3.05) is 5.32 Å². The van der Waals surface area contributed by atoms with Crippen molar-refractivity contribution < 1.29 is 18.7 Å². The Balaban J connectivity index is 1.54. The van der Waals surface area contributed by atoms with Crippen LogP contribution in [-0.2, 0) is 16.8 Å². The van der Waals surface area contributed by atoms with E-state index in [-0.39, 0.29) is 11.3 Å². The van der Waals surface area contributed by atoms with E-state index in [1.807, 2.05) is 45.0 Å². The molecule has 0 radical (unpaired) electrons.